The highest BCUT2D eigenvalue weighted by Crippen LogP contribution is 2.54. The Hall–Kier alpha value is -4.16. The Morgan fingerprint density at radius 2 is 1.91 bits per heavy atom. The maximum absolute atomic E-state index is 12.4. The van der Waals surface area contributed by atoms with Gasteiger partial charge in [-0.05, 0) is 30.2 Å². The van der Waals surface area contributed by atoms with Crippen LogP contribution in [0.2, 0.25) is 0 Å². The molecule has 1 heterocycles. The predicted molar refractivity (Wildman–Crippen MR) is 113 cm³/mol. The van der Waals surface area contributed by atoms with Gasteiger partial charge in [-0.15, -0.1) is 0 Å². The Morgan fingerprint density at radius 1 is 1.22 bits per heavy atom. The summed E-state index contributed by atoms with van der Waals surface area (Å²) in [6.07, 6.45) is 1.23. The number of allylic oxidation sites excluding steroid dienone is 2. The molecule has 0 fully saturated rings. The molecule has 1 aliphatic carbocycles. The van der Waals surface area contributed by atoms with E-state index >= 15 is 0 Å². The topological polar surface area (TPSA) is 145 Å². The molecule has 1 aliphatic heterocycles. The molecule has 1 aromatic rings. The molecule has 3 rings (SSSR count). The fourth-order valence-corrected chi connectivity index (χ4v) is 4.47. The van der Waals surface area contributed by atoms with Crippen molar-refractivity contribution in [1.29, 1.82) is 15.8 Å². The van der Waals surface area contributed by atoms with Crippen molar-refractivity contribution in [2.75, 3.05) is 33.9 Å². The zero-order chi connectivity index (χ0) is 23.5. The van der Waals surface area contributed by atoms with Crippen LogP contribution in [0.5, 0.6) is 11.5 Å². The summed E-state index contributed by atoms with van der Waals surface area (Å²) in [5, 5.41) is 30.1. The first kappa shape index (κ1) is 22.5. The van der Waals surface area contributed by atoms with E-state index in [4.69, 9.17) is 19.9 Å². The van der Waals surface area contributed by atoms with Gasteiger partial charge < -0.3 is 24.8 Å². The zero-order valence-corrected chi connectivity index (χ0v) is 18.1. The molecule has 1 amide bonds. The molecule has 9 nitrogen and oxygen atoms in total. The van der Waals surface area contributed by atoms with Gasteiger partial charge in [0.2, 0.25) is 0 Å². The summed E-state index contributed by atoms with van der Waals surface area (Å²) < 4.78 is 15.9. The summed E-state index contributed by atoms with van der Waals surface area (Å²) in [7, 11) is 2.99. The van der Waals surface area contributed by atoms with Crippen LogP contribution in [0.25, 0.3) is 0 Å². The van der Waals surface area contributed by atoms with Crippen molar-refractivity contribution in [3.63, 3.8) is 0 Å². The Labute approximate surface area is 186 Å². The molecule has 0 bridgehead atoms. The van der Waals surface area contributed by atoms with Gasteiger partial charge in [-0.25, -0.2) is 4.79 Å². The number of fused-ring (bicyclic) bond motifs is 1. The fourth-order valence-electron chi connectivity index (χ4n) is 4.47. The largest absolute Gasteiger partial charge is 0.493 e. The van der Waals surface area contributed by atoms with Crippen LogP contribution in [0.15, 0.2) is 41.1 Å². The van der Waals surface area contributed by atoms with E-state index in [0.717, 1.165) is 0 Å². The number of ether oxygens (including phenoxy) is 3. The molecule has 32 heavy (non-hydrogen) atoms. The standard InChI is InChI=1S/C23H23N5O4/c1-4-32-22(29)28-8-7-15-16(10-24)21(27)23(12-25,13-26)20(17(15)11-28)14-5-6-18(30-2)19(9-14)31-3/h5-7,9,17,20H,4,8,11,27H2,1-3H3/t17?,20-/m1/s1. The van der Waals surface area contributed by atoms with Crippen LogP contribution in [0.4, 0.5) is 4.79 Å². The summed E-state index contributed by atoms with van der Waals surface area (Å²) >= 11 is 0. The van der Waals surface area contributed by atoms with E-state index in [1.54, 1.807) is 31.2 Å². The Bertz CT molecular complexity index is 1100. The van der Waals surface area contributed by atoms with E-state index in [1.165, 1.54) is 19.1 Å². The monoisotopic (exact) mass is 433 g/mol. The van der Waals surface area contributed by atoms with E-state index in [9.17, 15) is 20.6 Å². The van der Waals surface area contributed by atoms with Gasteiger partial charge in [0, 0.05) is 24.9 Å². The molecule has 2 aliphatic rings. The van der Waals surface area contributed by atoms with Gasteiger partial charge in [-0.2, -0.15) is 15.8 Å². The average molecular weight is 433 g/mol. The number of carbonyl (C=O) groups is 1. The molecular formula is C23H23N5O4. The van der Waals surface area contributed by atoms with Crippen LogP contribution in [-0.4, -0.2) is 44.9 Å². The zero-order valence-electron chi connectivity index (χ0n) is 18.1. The summed E-state index contributed by atoms with van der Waals surface area (Å²) in [5.74, 6) is -0.391. The lowest BCUT2D eigenvalue weighted by Crippen LogP contribution is -2.49. The molecule has 1 aromatic carbocycles. The molecular weight excluding hydrogens is 410 g/mol. The molecule has 164 valence electrons. The third-order valence-electron chi connectivity index (χ3n) is 5.96. The summed E-state index contributed by atoms with van der Waals surface area (Å²) in [4.78, 5) is 13.9. The lowest BCUT2D eigenvalue weighted by Gasteiger charge is -2.45. The van der Waals surface area contributed by atoms with Crippen LogP contribution in [0, 0.1) is 45.3 Å². The molecule has 0 aromatic heterocycles. The number of carbonyl (C=O) groups excluding carboxylic acids is 1. The van der Waals surface area contributed by atoms with Gasteiger partial charge in [-0.1, -0.05) is 12.1 Å². The summed E-state index contributed by atoms with van der Waals surface area (Å²) in [6.45, 7) is 2.32. The second-order valence-corrected chi connectivity index (χ2v) is 7.39. The van der Waals surface area contributed by atoms with Crippen molar-refractivity contribution >= 4 is 6.09 Å². The van der Waals surface area contributed by atoms with Crippen LogP contribution >= 0.6 is 0 Å². The molecule has 0 spiro atoms. The summed E-state index contributed by atoms with van der Waals surface area (Å²) in [5.41, 5.74) is 5.73. The Morgan fingerprint density at radius 3 is 2.47 bits per heavy atom. The smallest absolute Gasteiger partial charge is 0.410 e. The van der Waals surface area contributed by atoms with E-state index in [-0.39, 0.29) is 31.0 Å². The number of hydrogen-bond acceptors (Lipinski definition) is 8. The van der Waals surface area contributed by atoms with Crippen molar-refractivity contribution in [2.45, 2.75) is 12.8 Å². The average Bonchev–Trinajstić information content (AvgIpc) is 2.82. The van der Waals surface area contributed by atoms with Gasteiger partial charge in [-0.3, -0.25) is 0 Å². The lowest BCUT2D eigenvalue weighted by molar-refractivity contribution is 0.0999. The second-order valence-electron chi connectivity index (χ2n) is 7.39. The van der Waals surface area contributed by atoms with Gasteiger partial charge in [0.15, 0.2) is 16.9 Å². The molecule has 0 radical (unpaired) electrons. The second kappa shape index (κ2) is 8.91. The maximum atomic E-state index is 12.4. The Kier molecular flexibility index (Phi) is 6.27. The maximum Gasteiger partial charge on any atom is 0.410 e. The van der Waals surface area contributed by atoms with Crippen LogP contribution in [0.1, 0.15) is 18.4 Å². The minimum absolute atomic E-state index is 0.0862. The van der Waals surface area contributed by atoms with Crippen molar-refractivity contribution in [2.24, 2.45) is 17.1 Å². The molecule has 1 unspecified atom stereocenters. The molecule has 9 heteroatoms. The number of nitrogens with zero attached hydrogens (tertiary/aromatic N) is 4. The van der Waals surface area contributed by atoms with E-state index in [2.05, 4.69) is 18.2 Å². The normalized spacial score (nSPS) is 21.2. The fraction of sp³-hybridized carbons (Fsp3) is 0.391. The van der Waals surface area contributed by atoms with Crippen LogP contribution in [0.3, 0.4) is 0 Å². The SMILES string of the molecule is CCOC(=O)N1CC=C2C(C#N)=C(N)C(C#N)(C#N)[C@H](c3ccc(OC)c(OC)c3)C2C1. The number of hydrogen-bond donors (Lipinski definition) is 1. The highest BCUT2D eigenvalue weighted by Gasteiger charge is 2.55. The minimum atomic E-state index is -1.82. The first-order valence-corrected chi connectivity index (χ1v) is 9.99. The van der Waals surface area contributed by atoms with E-state index in [1.807, 2.05) is 0 Å². The number of nitrogens with two attached hydrogens (primary N) is 1. The van der Waals surface area contributed by atoms with Crippen molar-refractivity contribution in [3.05, 3.63) is 46.7 Å². The minimum Gasteiger partial charge on any atom is -0.493 e. The lowest BCUT2D eigenvalue weighted by atomic mass is 9.58. The quantitative estimate of drug-likeness (QED) is 0.762. The first-order chi connectivity index (χ1) is 15.4. The van der Waals surface area contributed by atoms with E-state index in [0.29, 0.717) is 22.6 Å². The molecule has 2 atom stereocenters. The number of benzene rings is 1. The molecule has 0 saturated carbocycles. The number of amides is 1. The van der Waals surface area contributed by atoms with Crippen molar-refractivity contribution in [1.82, 2.24) is 4.90 Å². The number of methoxy groups -OCH3 is 2. The first-order valence-electron chi connectivity index (χ1n) is 9.99. The number of nitriles is 3. The molecule has 0 saturated heterocycles. The van der Waals surface area contributed by atoms with Crippen LogP contribution in [-0.2, 0) is 4.74 Å². The van der Waals surface area contributed by atoms with Crippen molar-refractivity contribution in [3.8, 4) is 29.7 Å². The molecule has 2 N–H and O–H groups in total. The highest BCUT2D eigenvalue weighted by molar-refractivity contribution is 5.69. The van der Waals surface area contributed by atoms with Gasteiger partial charge in [0.1, 0.15) is 6.07 Å². The predicted octanol–water partition coefficient (Wildman–Crippen LogP) is 2.59. The van der Waals surface area contributed by atoms with E-state index < -0.39 is 23.3 Å². The number of rotatable bonds is 4. The van der Waals surface area contributed by atoms with Gasteiger partial charge in [0.25, 0.3) is 0 Å². The van der Waals surface area contributed by atoms with Crippen molar-refractivity contribution < 1.29 is 19.0 Å². The summed E-state index contributed by atoms with van der Waals surface area (Å²) in [6, 6.07) is 11.3. The Balaban J connectivity index is 2.26. The third kappa shape index (κ3) is 3.36. The van der Waals surface area contributed by atoms with Crippen LogP contribution < -0.4 is 15.2 Å². The highest BCUT2D eigenvalue weighted by atomic mass is 16.6. The van der Waals surface area contributed by atoms with Gasteiger partial charge in [0.05, 0.1) is 44.2 Å². The van der Waals surface area contributed by atoms with Gasteiger partial charge >= 0.3 is 6.09 Å². The third-order valence-corrected chi connectivity index (χ3v) is 5.96.